The molecule has 0 bridgehead atoms. The monoisotopic (exact) mass is 982 g/mol. The van der Waals surface area contributed by atoms with Crippen molar-refractivity contribution in [3.8, 4) is 0 Å². The van der Waals surface area contributed by atoms with Crippen LogP contribution in [0.4, 0.5) is 0 Å². The van der Waals surface area contributed by atoms with E-state index in [1.54, 1.807) is 0 Å². The standard InChI is InChI=1S/C36H30AsI3O4/c41-37(42-38(31-19-7-1-8-20-31)32-21-9-2-10-22-32,43-39(33-23-11-3-12-24-33)34-25-13-4-14-26-34)44-40(35-27-15-5-16-28-35)36-29-17-6-18-30-36/h1-30H. The van der Waals surface area contributed by atoms with Gasteiger partial charge in [-0.15, -0.1) is 0 Å². The fraction of sp³-hybridized carbons (Fsp3) is 0. The molecule has 6 rings (SSSR count). The Labute approximate surface area is 285 Å². The molecular weight excluding hydrogens is 952 g/mol. The van der Waals surface area contributed by atoms with Gasteiger partial charge in [0.25, 0.3) is 0 Å². The molecule has 0 heterocycles. The van der Waals surface area contributed by atoms with Crippen molar-refractivity contribution in [1.29, 1.82) is 0 Å². The average molecular weight is 982 g/mol. The Morgan fingerprint density at radius 3 is 0.614 bits per heavy atom. The maximum absolute atomic E-state index is 15.6. The zero-order chi connectivity index (χ0) is 30.0. The van der Waals surface area contributed by atoms with Gasteiger partial charge < -0.3 is 0 Å². The number of rotatable bonds is 12. The SMILES string of the molecule is O=[As](OI(c1ccccc1)c1ccccc1)(OI(c1ccccc1)c1ccccc1)OI(c1ccccc1)c1ccccc1. The van der Waals surface area contributed by atoms with E-state index in [0.29, 0.717) is 0 Å². The van der Waals surface area contributed by atoms with Crippen LogP contribution >= 0.6 is 60.7 Å². The molecule has 0 aliphatic carbocycles. The van der Waals surface area contributed by atoms with Gasteiger partial charge in [0.1, 0.15) is 0 Å². The molecule has 6 aromatic carbocycles. The van der Waals surface area contributed by atoms with Crippen molar-refractivity contribution < 1.29 is 9.91 Å². The fourth-order valence-corrected chi connectivity index (χ4v) is 36.8. The van der Waals surface area contributed by atoms with E-state index in [4.69, 9.17) is 6.17 Å². The summed E-state index contributed by atoms with van der Waals surface area (Å²) in [5, 5.41) is 0. The predicted octanol–water partition coefficient (Wildman–Crippen LogP) is 10.4. The van der Waals surface area contributed by atoms with Crippen LogP contribution in [0, 0.1) is 21.4 Å². The zero-order valence-electron chi connectivity index (χ0n) is 23.5. The number of hydrogen-bond acceptors (Lipinski definition) is 4. The van der Waals surface area contributed by atoms with Crippen LogP contribution in [0.15, 0.2) is 182 Å². The Balaban J connectivity index is 1.48. The predicted molar refractivity (Wildman–Crippen MR) is 203 cm³/mol. The van der Waals surface area contributed by atoms with Crippen molar-refractivity contribution in [1.82, 2.24) is 0 Å². The third kappa shape index (κ3) is 8.31. The summed E-state index contributed by atoms with van der Waals surface area (Å²) in [7, 11) is 0. The number of hydrogen-bond donors (Lipinski definition) is 0. The molecule has 0 aliphatic heterocycles. The Morgan fingerprint density at radius 2 is 0.455 bits per heavy atom. The Hall–Kier alpha value is -2.25. The first-order valence-corrected chi connectivity index (χ1v) is 26.0. The quantitative estimate of drug-likeness (QED) is 0.0906. The molecule has 8 heteroatoms. The maximum atomic E-state index is 15.6. The number of benzene rings is 6. The molecule has 0 saturated heterocycles. The summed E-state index contributed by atoms with van der Waals surface area (Å²) in [5.74, 6) is 0. The van der Waals surface area contributed by atoms with E-state index in [2.05, 4.69) is 72.8 Å². The van der Waals surface area contributed by atoms with E-state index in [1.807, 2.05) is 109 Å². The Kier molecular flexibility index (Phi) is 11.4. The first-order chi connectivity index (χ1) is 21.7. The molecule has 0 aliphatic rings. The Morgan fingerprint density at radius 1 is 0.295 bits per heavy atom. The molecule has 4 nitrogen and oxygen atoms in total. The molecular formula is C36H30AsI3O4. The van der Waals surface area contributed by atoms with Crippen LogP contribution in [-0.2, 0) is 9.91 Å². The second kappa shape index (κ2) is 15.8. The second-order valence-corrected chi connectivity index (χ2v) is 29.8. The van der Waals surface area contributed by atoms with Crippen LogP contribution in [0.25, 0.3) is 0 Å². The van der Waals surface area contributed by atoms with Crippen molar-refractivity contribution >= 4 is 75.2 Å². The van der Waals surface area contributed by atoms with Gasteiger partial charge in [-0.3, -0.25) is 0 Å². The molecule has 0 N–H and O–H groups in total. The topological polar surface area (TPSA) is 44.8 Å². The van der Waals surface area contributed by atoms with Crippen LogP contribution in [0.3, 0.4) is 0 Å². The van der Waals surface area contributed by atoms with Gasteiger partial charge in [-0.2, -0.15) is 0 Å². The summed E-state index contributed by atoms with van der Waals surface area (Å²) < 4.78 is 42.7. The minimum atomic E-state index is -5.06. The molecule has 0 radical (unpaired) electrons. The third-order valence-electron chi connectivity index (χ3n) is 6.05. The van der Waals surface area contributed by atoms with E-state index >= 15 is 3.74 Å². The zero-order valence-corrected chi connectivity index (χ0v) is 31.9. The van der Waals surface area contributed by atoms with E-state index in [-0.39, 0.29) is 0 Å². The molecule has 0 aromatic heterocycles. The first kappa shape index (κ1) is 31.7. The summed E-state index contributed by atoms with van der Waals surface area (Å²) in [6.07, 6.45) is 0. The van der Waals surface area contributed by atoms with E-state index in [0.717, 1.165) is 21.4 Å². The van der Waals surface area contributed by atoms with E-state index in [9.17, 15) is 0 Å². The molecule has 0 fully saturated rings. The molecule has 0 spiro atoms. The number of halogens is 3. The van der Waals surface area contributed by atoms with Crippen molar-refractivity contribution in [2.24, 2.45) is 0 Å². The molecule has 224 valence electrons. The van der Waals surface area contributed by atoms with Gasteiger partial charge in [-0.25, -0.2) is 0 Å². The molecule has 0 unspecified atom stereocenters. The first-order valence-electron chi connectivity index (χ1n) is 13.8. The van der Waals surface area contributed by atoms with Gasteiger partial charge >= 0.3 is 289 Å². The minimum absolute atomic E-state index is 1.04. The summed E-state index contributed by atoms with van der Waals surface area (Å²) in [4.78, 5) is 0. The fourth-order valence-electron chi connectivity index (χ4n) is 4.08. The van der Waals surface area contributed by atoms with E-state index in [1.165, 1.54) is 0 Å². The summed E-state index contributed by atoms with van der Waals surface area (Å²) >= 11 is -13.3. The summed E-state index contributed by atoms with van der Waals surface area (Å²) in [6.45, 7) is 0. The van der Waals surface area contributed by atoms with Crippen LogP contribution in [-0.4, -0.2) is 14.5 Å². The van der Waals surface area contributed by atoms with Crippen LogP contribution in [0.2, 0.25) is 0 Å². The normalized spacial score (nSPS) is 12.3. The van der Waals surface area contributed by atoms with Crippen LogP contribution in [0.5, 0.6) is 0 Å². The third-order valence-corrected chi connectivity index (χ3v) is 32.7. The van der Waals surface area contributed by atoms with Gasteiger partial charge in [0.2, 0.25) is 0 Å². The van der Waals surface area contributed by atoms with Crippen molar-refractivity contribution in [3.63, 3.8) is 0 Å². The molecule has 44 heavy (non-hydrogen) atoms. The molecule has 0 amide bonds. The molecule has 0 atom stereocenters. The summed E-state index contributed by atoms with van der Waals surface area (Å²) in [5.41, 5.74) is 0. The average Bonchev–Trinajstić information content (AvgIpc) is 3.11. The van der Waals surface area contributed by atoms with Gasteiger partial charge in [0, 0.05) is 0 Å². The van der Waals surface area contributed by atoms with Crippen LogP contribution in [0.1, 0.15) is 0 Å². The van der Waals surface area contributed by atoms with Crippen molar-refractivity contribution in [2.45, 2.75) is 0 Å². The van der Waals surface area contributed by atoms with E-state index < -0.39 is 75.2 Å². The Bertz CT molecular complexity index is 1440. The van der Waals surface area contributed by atoms with Gasteiger partial charge in [-0.05, 0) is 0 Å². The van der Waals surface area contributed by atoms with Gasteiger partial charge in [0.15, 0.2) is 0 Å². The van der Waals surface area contributed by atoms with Crippen molar-refractivity contribution in [3.05, 3.63) is 203 Å². The van der Waals surface area contributed by atoms with Crippen molar-refractivity contribution in [2.75, 3.05) is 0 Å². The van der Waals surface area contributed by atoms with Gasteiger partial charge in [-0.1, -0.05) is 0 Å². The second-order valence-electron chi connectivity index (χ2n) is 9.17. The molecule has 6 aromatic rings. The van der Waals surface area contributed by atoms with Crippen LogP contribution < -0.4 is 0 Å². The molecule has 0 saturated carbocycles. The summed E-state index contributed by atoms with van der Waals surface area (Å²) in [6, 6.07) is 60.8. The van der Waals surface area contributed by atoms with Gasteiger partial charge in [0.05, 0.1) is 0 Å².